The molecule has 1 aliphatic rings. The zero-order chi connectivity index (χ0) is 12.3. The van der Waals surface area contributed by atoms with Crippen LogP contribution in [-0.2, 0) is 16.1 Å². The molecule has 2 rings (SSSR count). The van der Waals surface area contributed by atoms with Gasteiger partial charge in [-0.1, -0.05) is 0 Å². The maximum Gasteiger partial charge on any atom is 0.249 e. The number of nitrogens with one attached hydrogen (secondary N) is 1. The van der Waals surface area contributed by atoms with Gasteiger partial charge in [0, 0.05) is 11.4 Å². The summed E-state index contributed by atoms with van der Waals surface area (Å²) in [5.41, 5.74) is 6.74. The van der Waals surface area contributed by atoms with Crippen LogP contribution >= 0.6 is 11.3 Å². The maximum absolute atomic E-state index is 11.8. The fraction of sp³-hybridized carbons (Fsp3) is 0.583. The summed E-state index contributed by atoms with van der Waals surface area (Å²) in [6, 6.07) is 2.06. The quantitative estimate of drug-likeness (QED) is 0.848. The average molecular weight is 254 g/mol. The molecule has 1 fully saturated rings. The van der Waals surface area contributed by atoms with Gasteiger partial charge in [0.1, 0.15) is 6.10 Å². The van der Waals surface area contributed by atoms with E-state index in [0.717, 1.165) is 12.8 Å². The predicted octanol–water partition coefficient (Wildman–Crippen LogP) is 1.18. The number of hydrogen-bond donors (Lipinski definition) is 2. The molecule has 2 heterocycles. The van der Waals surface area contributed by atoms with Gasteiger partial charge in [-0.05, 0) is 36.8 Å². The Hall–Kier alpha value is -0.910. The normalized spacial score (nSPS) is 23.9. The monoisotopic (exact) mass is 254 g/mol. The number of rotatable bonds is 4. The molecular weight excluding hydrogens is 236 g/mol. The second-order valence-electron chi connectivity index (χ2n) is 4.30. The Kier molecular flexibility index (Phi) is 4.15. The third-order valence-corrected chi connectivity index (χ3v) is 4.08. The summed E-state index contributed by atoms with van der Waals surface area (Å²) >= 11 is 1.66. The molecule has 17 heavy (non-hydrogen) atoms. The first-order chi connectivity index (χ1) is 8.20. The first-order valence-corrected chi connectivity index (χ1v) is 6.75. The van der Waals surface area contributed by atoms with Gasteiger partial charge in [-0.3, -0.25) is 4.79 Å². The molecule has 0 saturated carbocycles. The zero-order valence-electron chi connectivity index (χ0n) is 9.94. The van der Waals surface area contributed by atoms with Crippen molar-refractivity contribution in [2.75, 3.05) is 6.54 Å². The van der Waals surface area contributed by atoms with E-state index >= 15 is 0 Å². The molecule has 0 aromatic carbocycles. The summed E-state index contributed by atoms with van der Waals surface area (Å²) in [5, 5.41) is 4.95. The van der Waals surface area contributed by atoms with Crippen LogP contribution in [0.15, 0.2) is 11.4 Å². The standard InChI is InChI=1S/C12H18N2O2S/c1-8-4-5-17-11(8)7-14-12(15)10-3-2-9(6-13)16-10/h4-5,9-10H,2-3,6-7,13H2,1H3,(H,14,15)/t9-,10+/m1/s1. The molecule has 0 radical (unpaired) electrons. The minimum absolute atomic E-state index is 0.0197. The number of amides is 1. The lowest BCUT2D eigenvalue weighted by Gasteiger charge is -2.12. The summed E-state index contributed by atoms with van der Waals surface area (Å²) in [4.78, 5) is 13.0. The van der Waals surface area contributed by atoms with Crippen molar-refractivity contribution in [3.63, 3.8) is 0 Å². The molecule has 5 heteroatoms. The molecule has 2 atom stereocenters. The van der Waals surface area contributed by atoms with Gasteiger partial charge in [-0.2, -0.15) is 0 Å². The Balaban J connectivity index is 1.80. The van der Waals surface area contributed by atoms with E-state index in [1.165, 1.54) is 10.4 Å². The highest BCUT2D eigenvalue weighted by Crippen LogP contribution is 2.19. The molecule has 1 saturated heterocycles. The fourth-order valence-corrected chi connectivity index (χ4v) is 2.78. The summed E-state index contributed by atoms with van der Waals surface area (Å²) in [7, 11) is 0. The molecule has 0 unspecified atom stereocenters. The van der Waals surface area contributed by atoms with Crippen LogP contribution in [-0.4, -0.2) is 24.7 Å². The minimum Gasteiger partial charge on any atom is -0.364 e. The summed E-state index contributed by atoms with van der Waals surface area (Å²) in [6.07, 6.45) is 1.39. The van der Waals surface area contributed by atoms with Gasteiger partial charge in [0.15, 0.2) is 0 Å². The molecule has 0 aliphatic carbocycles. The summed E-state index contributed by atoms with van der Waals surface area (Å²) in [6.45, 7) is 3.14. The van der Waals surface area contributed by atoms with Crippen molar-refractivity contribution in [2.45, 2.75) is 38.5 Å². The van der Waals surface area contributed by atoms with Gasteiger partial charge in [0.2, 0.25) is 5.91 Å². The lowest BCUT2D eigenvalue weighted by Crippen LogP contribution is -2.35. The number of aryl methyl sites for hydroxylation is 1. The lowest BCUT2D eigenvalue weighted by molar-refractivity contribution is -0.132. The molecule has 4 nitrogen and oxygen atoms in total. The third-order valence-electron chi connectivity index (χ3n) is 3.05. The average Bonchev–Trinajstić information content (AvgIpc) is 2.94. The first kappa shape index (κ1) is 12.5. The van der Waals surface area contributed by atoms with Crippen molar-refractivity contribution >= 4 is 17.2 Å². The number of thiophene rings is 1. The highest BCUT2D eigenvalue weighted by atomic mass is 32.1. The van der Waals surface area contributed by atoms with Crippen molar-refractivity contribution in [3.8, 4) is 0 Å². The molecule has 1 aromatic rings. The van der Waals surface area contributed by atoms with E-state index < -0.39 is 0 Å². The molecule has 0 bridgehead atoms. The fourth-order valence-electron chi connectivity index (χ4n) is 1.94. The van der Waals surface area contributed by atoms with Crippen LogP contribution < -0.4 is 11.1 Å². The van der Waals surface area contributed by atoms with E-state index in [2.05, 4.69) is 18.3 Å². The molecule has 1 aliphatic heterocycles. The second-order valence-corrected chi connectivity index (χ2v) is 5.31. The molecular formula is C12H18N2O2S. The molecule has 94 valence electrons. The Morgan fingerprint density at radius 2 is 2.47 bits per heavy atom. The van der Waals surface area contributed by atoms with Crippen molar-refractivity contribution in [1.29, 1.82) is 0 Å². The number of carbonyl (C=O) groups excluding carboxylic acids is 1. The molecule has 3 N–H and O–H groups in total. The van der Waals surface area contributed by atoms with Gasteiger partial charge >= 0.3 is 0 Å². The Morgan fingerprint density at radius 3 is 3.06 bits per heavy atom. The first-order valence-electron chi connectivity index (χ1n) is 5.87. The number of ether oxygens (including phenoxy) is 1. The van der Waals surface area contributed by atoms with Gasteiger partial charge < -0.3 is 15.8 Å². The van der Waals surface area contributed by atoms with Crippen molar-refractivity contribution in [2.24, 2.45) is 5.73 Å². The molecule has 0 spiro atoms. The number of nitrogens with two attached hydrogens (primary N) is 1. The van der Waals surface area contributed by atoms with Crippen LogP contribution in [0.25, 0.3) is 0 Å². The van der Waals surface area contributed by atoms with Crippen LogP contribution in [0.3, 0.4) is 0 Å². The van der Waals surface area contributed by atoms with Gasteiger partial charge in [0.05, 0.1) is 12.6 Å². The van der Waals surface area contributed by atoms with Crippen LogP contribution in [0.2, 0.25) is 0 Å². The Morgan fingerprint density at radius 1 is 1.65 bits per heavy atom. The third kappa shape index (κ3) is 3.06. The predicted molar refractivity (Wildman–Crippen MR) is 67.9 cm³/mol. The van der Waals surface area contributed by atoms with Crippen molar-refractivity contribution in [1.82, 2.24) is 5.32 Å². The topological polar surface area (TPSA) is 64.4 Å². The number of carbonyl (C=O) groups is 1. The highest BCUT2D eigenvalue weighted by molar-refractivity contribution is 7.10. The SMILES string of the molecule is Cc1ccsc1CNC(=O)[C@@H]1CC[C@H](CN)O1. The van der Waals surface area contributed by atoms with Gasteiger partial charge in [0.25, 0.3) is 0 Å². The lowest BCUT2D eigenvalue weighted by atomic mass is 10.2. The van der Waals surface area contributed by atoms with Crippen LogP contribution in [0, 0.1) is 6.92 Å². The summed E-state index contributed by atoms with van der Waals surface area (Å²) in [5.74, 6) is -0.0197. The van der Waals surface area contributed by atoms with Gasteiger partial charge in [-0.15, -0.1) is 11.3 Å². The van der Waals surface area contributed by atoms with Crippen LogP contribution in [0.1, 0.15) is 23.3 Å². The Labute approximate surface area is 105 Å². The molecule has 1 amide bonds. The van der Waals surface area contributed by atoms with Crippen LogP contribution in [0.4, 0.5) is 0 Å². The number of hydrogen-bond acceptors (Lipinski definition) is 4. The zero-order valence-corrected chi connectivity index (χ0v) is 10.8. The second kappa shape index (κ2) is 5.62. The van der Waals surface area contributed by atoms with Crippen molar-refractivity contribution < 1.29 is 9.53 Å². The maximum atomic E-state index is 11.8. The summed E-state index contributed by atoms with van der Waals surface area (Å²) < 4.78 is 5.54. The van der Waals surface area contributed by atoms with E-state index in [9.17, 15) is 4.79 Å². The Bertz CT molecular complexity index is 392. The highest BCUT2D eigenvalue weighted by Gasteiger charge is 2.29. The minimum atomic E-state index is -0.316. The van der Waals surface area contributed by atoms with E-state index in [4.69, 9.17) is 10.5 Å². The van der Waals surface area contributed by atoms with E-state index in [0.29, 0.717) is 13.1 Å². The van der Waals surface area contributed by atoms with E-state index in [1.54, 1.807) is 11.3 Å². The largest absolute Gasteiger partial charge is 0.364 e. The van der Waals surface area contributed by atoms with E-state index in [-0.39, 0.29) is 18.1 Å². The van der Waals surface area contributed by atoms with Crippen LogP contribution in [0.5, 0.6) is 0 Å². The van der Waals surface area contributed by atoms with E-state index in [1.807, 2.05) is 5.38 Å². The van der Waals surface area contributed by atoms with Crippen molar-refractivity contribution in [3.05, 3.63) is 21.9 Å². The van der Waals surface area contributed by atoms with Gasteiger partial charge in [-0.25, -0.2) is 0 Å². The smallest absolute Gasteiger partial charge is 0.249 e. The molecule has 1 aromatic heterocycles.